The van der Waals surface area contributed by atoms with Crippen molar-refractivity contribution in [2.24, 2.45) is 0 Å². The van der Waals surface area contributed by atoms with Crippen LogP contribution < -0.4 is 0 Å². The van der Waals surface area contributed by atoms with Crippen molar-refractivity contribution in [3.63, 3.8) is 0 Å². The minimum atomic E-state index is -0.380. The number of nitrogens with zero attached hydrogens (tertiary/aromatic N) is 2. The first-order valence-electron chi connectivity index (χ1n) is 6.28. The Morgan fingerprint density at radius 2 is 1.73 bits per heavy atom. The number of halogens is 3. The van der Waals surface area contributed by atoms with E-state index in [1.54, 1.807) is 18.2 Å². The molecule has 0 saturated carbocycles. The Balaban J connectivity index is 1.70. The lowest BCUT2D eigenvalue weighted by atomic mass is 10.2. The predicted octanol–water partition coefficient (Wildman–Crippen LogP) is 4.96. The second-order valence-corrected chi connectivity index (χ2v) is 5.74. The van der Waals surface area contributed by atoms with Gasteiger partial charge in [0.1, 0.15) is 11.6 Å². The first-order valence-corrected chi connectivity index (χ1v) is 7.64. The van der Waals surface area contributed by atoms with Crippen LogP contribution in [0, 0.1) is 11.6 Å². The Bertz CT molecular complexity index is 792. The van der Waals surface area contributed by atoms with Gasteiger partial charge in [0.15, 0.2) is 0 Å². The summed E-state index contributed by atoms with van der Waals surface area (Å²) in [6, 6.07) is 9.99. The van der Waals surface area contributed by atoms with Gasteiger partial charge in [0.25, 0.3) is 5.22 Å². The van der Waals surface area contributed by atoms with Gasteiger partial charge >= 0.3 is 0 Å². The molecular weight excluding hydrogens is 330 g/mol. The lowest BCUT2D eigenvalue weighted by Crippen LogP contribution is -1.84. The molecule has 0 amide bonds. The summed E-state index contributed by atoms with van der Waals surface area (Å²) in [5.74, 6) is 0.0797. The summed E-state index contributed by atoms with van der Waals surface area (Å²) in [7, 11) is 0. The molecule has 22 heavy (non-hydrogen) atoms. The molecule has 1 aromatic heterocycles. The summed E-state index contributed by atoms with van der Waals surface area (Å²) in [5.41, 5.74) is 1.41. The molecule has 0 N–H and O–H groups in total. The highest BCUT2D eigenvalue weighted by Gasteiger charge is 2.10. The van der Waals surface area contributed by atoms with Crippen molar-refractivity contribution < 1.29 is 13.2 Å². The Kier molecular flexibility index (Phi) is 4.40. The molecule has 0 saturated heterocycles. The van der Waals surface area contributed by atoms with Crippen LogP contribution in [0.25, 0.3) is 11.5 Å². The molecule has 7 heteroatoms. The smallest absolute Gasteiger partial charge is 0.277 e. The van der Waals surface area contributed by atoms with E-state index >= 15 is 0 Å². The average Bonchev–Trinajstić information content (AvgIpc) is 2.96. The second kappa shape index (κ2) is 6.46. The average molecular weight is 339 g/mol. The SMILES string of the molecule is Fc1ccc(-c2nnc(SCc3ccc(F)cc3Cl)o2)cc1. The monoisotopic (exact) mass is 338 g/mol. The van der Waals surface area contributed by atoms with Gasteiger partial charge in [-0.05, 0) is 42.0 Å². The molecule has 0 aliphatic heterocycles. The summed E-state index contributed by atoms with van der Waals surface area (Å²) in [6.45, 7) is 0. The predicted molar refractivity (Wildman–Crippen MR) is 80.7 cm³/mol. The van der Waals surface area contributed by atoms with Gasteiger partial charge in [0.2, 0.25) is 5.89 Å². The van der Waals surface area contributed by atoms with Crippen LogP contribution in [0.3, 0.4) is 0 Å². The van der Waals surface area contributed by atoms with Crippen LogP contribution in [0.2, 0.25) is 5.02 Å². The van der Waals surface area contributed by atoms with E-state index in [0.717, 1.165) is 5.56 Å². The quantitative estimate of drug-likeness (QED) is 0.630. The topological polar surface area (TPSA) is 38.9 Å². The number of rotatable bonds is 4. The van der Waals surface area contributed by atoms with E-state index < -0.39 is 0 Å². The zero-order valence-electron chi connectivity index (χ0n) is 11.1. The Morgan fingerprint density at radius 1 is 1.00 bits per heavy atom. The molecule has 2 aromatic carbocycles. The Hall–Kier alpha value is -1.92. The van der Waals surface area contributed by atoms with E-state index in [2.05, 4.69) is 10.2 Å². The molecule has 112 valence electrons. The van der Waals surface area contributed by atoms with E-state index in [1.807, 2.05) is 0 Å². The van der Waals surface area contributed by atoms with Gasteiger partial charge in [-0.25, -0.2) is 8.78 Å². The van der Waals surface area contributed by atoms with Crippen LogP contribution in [0.15, 0.2) is 52.1 Å². The molecule has 3 aromatic rings. The van der Waals surface area contributed by atoms with Crippen LogP contribution in [0.5, 0.6) is 0 Å². The van der Waals surface area contributed by atoms with Crippen LogP contribution in [-0.4, -0.2) is 10.2 Å². The molecule has 1 heterocycles. The zero-order chi connectivity index (χ0) is 15.5. The van der Waals surface area contributed by atoms with Crippen molar-refractivity contribution in [2.45, 2.75) is 11.0 Å². The first-order chi connectivity index (χ1) is 10.6. The summed E-state index contributed by atoms with van der Waals surface area (Å²) in [6.07, 6.45) is 0. The standard InChI is InChI=1S/C15H9ClF2N2OS/c16-13-7-12(18)6-3-10(13)8-22-15-20-19-14(21-15)9-1-4-11(17)5-2-9/h1-7H,8H2. The van der Waals surface area contributed by atoms with Gasteiger partial charge in [-0.1, -0.05) is 29.4 Å². The molecule has 0 radical (unpaired) electrons. The normalized spacial score (nSPS) is 10.9. The highest BCUT2D eigenvalue weighted by Crippen LogP contribution is 2.28. The fraction of sp³-hybridized carbons (Fsp3) is 0.0667. The summed E-state index contributed by atoms with van der Waals surface area (Å²) in [5, 5.41) is 8.54. The maximum absolute atomic E-state index is 13.0. The lowest BCUT2D eigenvalue weighted by Gasteiger charge is -2.01. The first kappa shape index (κ1) is 15.0. The number of hydrogen-bond acceptors (Lipinski definition) is 4. The molecule has 3 rings (SSSR count). The number of thioether (sulfide) groups is 1. The minimum absolute atomic E-state index is 0.313. The lowest BCUT2D eigenvalue weighted by molar-refractivity contribution is 0.465. The van der Waals surface area contributed by atoms with Gasteiger partial charge in [0.05, 0.1) is 0 Å². The molecule has 3 nitrogen and oxygen atoms in total. The number of hydrogen-bond donors (Lipinski definition) is 0. The maximum atomic E-state index is 13.0. The number of aromatic nitrogens is 2. The third kappa shape index (κ3) is 3.45. The molecule has 0 fully saturated rings. The largest absolute Gasteiger partial charge is 0.411 e. The third-order valence-electron chi connectivity index (χ3n) is 2.86. The van der Waals surface area contributed by atoms with Crippen LogP contribution in [-0.2, 0) is 5.75 Å². The Morgan fingerprint density at radius 3 is 2.45 bits per heavy atom. The van der Waals surface area contributed by atoms with Crippen molar-refractivity contribution >= 4 is 23.4 Å². The van der Waals surface area contributed by atoms with Gasteiger partial charge in [0, 0.05) is 16.3 Å². The van der Waals surface area contributed by atoms with E-state index in [9.17, 15) is 8.78 Å². The maximum Gasteiger partial charge on any atom is 0.277 e. The summed E-state index contributed by atoms with van der Waals surface area (Å²) in [4.78, 5) is 0. The molecular formula is C15H9ClF2N2OS. The second-order valence-electron chi connectivity index (χ2n) is 4.40. The highest BCUT2D eigenvalue weighted by molar-refractivity contribution is 7.98. The zero-order valence-corrected chi connectivity index (χ0v) is 12.7. The van der Waals surface area contributed by atoms with Crippen molar-refractivity contribution in [3.8, 4) is 11.5 Å². The van der Waals surface area contributed by atoms with Gasteiger partial charge < -0.3 is 4.42 Å². The van der Waals surface area contributed by atoms with Crippen molar-refractivity contribution in [2.75, 3.05) is 0 Å². The fourth-order valence-electron chi connectivity index (χ4n) is 1.76. The molecule has 0 unspecified atom stereocenters. The van der Waals surface area contributed by atoms with Crippen molar-refractivity contribution in [1.29, 1.82) is 0 Å². The minimum Gasteiger partial charge on any atom is -0.411 e. The van der Waals surface area contributed by atoms with Crippen LogP contribution in [0.1, 0.15) is 5.56 Å². The third-order valence-corrected chi connectivity index (χ3v) is 4.08. The van der Waals surface area contributed by atoms with E-state index in [-0.39, 0.29) is 11.6 Å². The van der Waals surface area contributed by atoms with Gasteiger partial charge in [-0.2, -0.15) is 0 Å². The van der Waals surface area contributed by atoms with E-state index in [4.69, 9.17) is 16.0 Å². The van der Waals surface area contributed by atoms with E-state index in [1.165, 1.54) is 36.0 Å². The molecule has 0 spiro atoms. The van der Waals surface area contributed by atoms with Crippen LogP contribution in [0.4, 0.5) is 8.78 Å². The molecule has 0 bridgehead atoms. The van der Waals surface area contributed by atoms with Gasteiger partial charge in [-0.3, -0.25) is 0 Å². The van der Waals surface area contributed by atoms with Gasteiger partial charge in [-0.15, -0.1) is 10.2 Å². The fourth-order valence-corrected chi connectivity index (χ4v) is 2.84. The van der Waals surface area contributed by atoms with Crippen LogP contribution >= 0.6 is 23.4 Å². The molecule has 0 aliphatic carbocycles. The molecule has 0 atom stereocenters. The summed E-state index contributed by atoms with van der Waals surface area (Å²) < 4.78 is 31.3. The van der Waals surface area contributed by atoms with Crippen molar-refractivity contribution in [1.82, 2.24) is 10.2 Å². The number of benzene rings is 2. The molecule has 0 aliphatic rings. The Labute approximate surface area is 134 Å². The van der Waals surface area contributed by atoms with Crippen molar-refractivity contribution in [3.05, 3.63) is 64.7 Å². The van der Waals surface area contributed by atoms with E-state index in [0.29, 0.717) is 27.5 Å². The highest BCUT2D eigenvalue weighted by atomic mass is 35.5. The summed E-state index contributed by atoms with van der Waals surface area (Å²) >= 11 is 7.25.